The number of amides is 1. The lowest BCUT2D eigenvalue weighted by atomic mass is 9.85. The van der Waals surface area contributed by atoms with E-state index in [9.17, 15) is 4.79 Å². The average molecular weight is 219 g/mol. The van der Waals surface area contributed by atoms with E-state index >= 15 is 0 Å². The molecule has 1 N–H and O–H groups in total. The molecule has 2 fully saturated rings. The Hall–Kier alpha value is -1.16. The molecule has 4 heteroatoms. The summed E-state index contributed by atoms with van der Waals surface area (Å²) in [6, 6.07) is 0. The number of carbonyl (C=O) groups excluding carboxylic acids is 1. The molecule has 0 aromatic carbocycles. The van der Waals surface area contributed by atoms with Gasteiger partial charge in [0, 0.05) is 13.1 Å². The Labute approximate surface area is 95.4 Å². The minimum Gasteiger partial charge on any atom is -0.337 e. The van der Waals surface area contributed by atoms with Crippen LogP contribution >= 0.6 is 0 Å². The number of rotatable bonds is 1. The Morgan fingerprint density at radius 3 is 2.75 bits per heavy atom. The monoisotopic (exact) mass is 219 g/mol. The molecule has 2 bridgehead atoms. The molecule has 2 atom stereocenters. The third kappa shape index (κ3) is 1.78. The largest absolute Gasteiger partial charge is 0.337 e. The van der Waals surface area contributed by atoms with E-state index in [0.29, 0.717) is 24.1 Å². The second-order valence-electron chi connectivity index (χ2n) is 4.96. The van der Waals surface area contributed by atoms with Crippen LogP contribution < -0.4 is 5.32 Å². The molecule has 3 aliphatic heterocycles. The number of likely N-dealkylation sites (tertiary alicyclic amines) is 1. The molecule has 0 radical (unpaired) electrons. The fourth-order valence-corrected chi connectivity index (χ4v) is 2.94. The van der Waals surface area contributed by atoms with E-state index in [1.165, 1.54) is 6.42 Å². The summed E-state index contributed by atoms with van der Waals surface area (Å²) in [5, 5.41) is 3.43. The molecular weight excluding hydrogens is 202 g/mol. The highest BCUT2D eigenvalue weighted by Gasteiger charge is 2.33. The molecule has 0 saturated carbocycles. The average Bonchev–Trinajstić information content (AvgIpc) is 2.81. The predicted octanol–water partition coefficient (Wildman–Crippen LogP) is 0.0651. The summed E-state index contributed by atoms with van der Waals surface area (Å²) in [5.41, 5.74) is 0.646. The lowest BCUT2D eigenvalue weighted by Gasteiger charge is -2.41. The maximum atomic E-state index is 12.2. The van der Waals surface area contributed by atoms with Crippen LogP contribution in [0.25, 0.3) is 0 Å². The second-order valence-corrected chi connectivity index (χ2v) is 4.96. The molecule has 2 saturated heterocycles. The van der Waals surface area contributed by atoms with E-state index < -0.39 is 0 Å². The Bertz CT molecular complexity index is 349. The third-order valence-electron chi connectivity index (χ3n) is 3.64. The number of nitrogens with zero attached hydrogens (tertiary/aromatic N) is 2. The van der Waals surface area contributed by atoms with Gasteiger partial charge in [-0.1, -0.05) is 6.08 Å². The van der Waals surface area contributed by atoms with E-state index in [-0.39, 0.29) is 5.91 Å². The van der Waals surface area contributed by atoms with Gasteiger partial charge in [-0.15, -0.1) is 0 Å². The van der Waals surface area contributed by atoms with Gasteiger partial charge in [-0.05, 0) is 37.4 Å². The number of aliphatic imine (C=N–C) groups is 1. The van der Waals surface area contributed by atoms with Gasteiger partial charge in [0.15, 0.2) is 0 Å². The van der Waals surface area contributed by atoms with Gasteiger partial charge in [0.1, 0.15) is 5.71 Å². The molecule has 2 unspecified atom stereocenters. The Balaban J connectivity index is 1.71. The number of carbonyl (C=O) groups is 1. The summed E-state index contributed by atoms with van der Waals surface area (Å²) in [6.07, 6.45) is 5.07. The number of nitrogens with one attached hydrogen (secondary N) is 1. The molecule has 4 nitrogen and oxygen atoms in total. The highest BCUT2D eigenvalue weighted by molar-refractivity contribution is 6.43. The van der Waals surface area contributed by atoms with Crippen molar-refractivity contribution < 1.29 is 4.79 Å². The number of hydrogen-bond acceptors (Lipinski definition) is 3. The van der Waals surface area contributed by atoms with Gasteiger partial charge in [0.05, 0.1) is 6.54 Å². The zero-order valence-electron chi connectivity index (χ0n) is 9.35. The first-order chi connectivity index (χ1) is 7.83. The molecule has 0 spiro atoms. The van der Waals surface area contributed by atoms with Crippen LogP contribution in [-0.2, 0) is 4.79 Å². The van der Waals surface area contributed by atoms with E-state index in [2.05, 4.69) is 10.3 Å². The standard InChI is InChI=1S/C12H17N3O/c16-12(11-2-1-3-14-11)15-7-9-4-10(8-15)6-13-5-9/h1-2,9-10,13H,3-8H2. The van der Waals surface area contributed by atoms with Crippen molar-refractivity contribution in [3.05, 3.63) is 12.2 Å². The number of hydrogen-bond donors (Lipinski definition) is 1. The lowest BCUT2D eigenvalue weighted by Crippen LogP contribution is -2.53. The zero-order valence-corrected chi connectivity index (χ0v) is 9.35. The van der Waals surface area contributed by atoms with Gasteiger partial charge in [-0.25, -0.2) is 0 Å². The van der Waals surface area contributed by atoms with Crippen LogP contribution in [0.4, 0.5) is 0 Å². The number of piperidine rings is 2. The molecule has 3 aliphatic rings. The first-order valence-electron chi connectivity index (χ1n) is 6.04. The van der Waals surface area contributed by atoms with Gasteiger partial charge in [0.25, 0.3) is 5.91 Å². The quantitative estimate of drug-likeness (QED) is 0.678. The van der Waals surface area contributed by atoms with Crippen molar-refractivity contribution in [3.63, 3.8) is 0 Å². The third-order valence-corrected chi connectivity index (χ3v) is 3.64. The molecule has 86 valence electrons. The van der Waals surface area contributed by atoms with E-state index in [1.807, 2.05) is 17.1 Å². The van der Waals surface area contributed by atoms with Crippen LogP contribution in [0.2, 0.25) is 0 Å². The smallest absolute Gasteiger partial charge is 0.272 e. The van der Waals surface area contributed by atoms with Crippen molar-refractivity contribution in [3.8, 4) is 0 Å². The molecule has 0 aromatic rings. The zero-order chi connectivity index (χ0) is 11.0. The van der Waals surface area contributed by atoms with Crippen molar-refractivity contribution in [2.24, 2.45) is 16.8 Å². The van der Waals surface area contributed by atoms with Crippen LogP contribution in [0, 0.1) is 11.8 Å². The maximum absolute atomic E-state index is 12.2. The van der Waals surface area contributed by atoms with Crippen LogP contribution in [0.5, 0.6) is 0 Å². The lowest BCUT2D eigenvalue weighted by molar-refractivity contribution is -0.127. The van der Waals surface area contributed by atoms with Crippen LogP contribution in [0.3, 0.4) is 0 Å². The minimum atomic E-state index is 0.130. The second kappa shape index (κ2) is 4.01. The van der Waals surface area contributed by atoms with Crippen molar-refractivity contribution in [2.45, 2.75) is 6.42 Å². The van der Waals surface area contributed by atoms with Gasteiger partial charge in [-0.3, -0.25) is 9.79 Å². The Kier molecular flexibility index (Phi) is 2.52. The van der Waals surface area contributed by atoms with Crippen molar-refractivity contribution in [1.82, 2.24) is 10.2 Å². The van der Waals surface area contributed by atoms with Crippen molar-refractivity contribution >= 4 is 11.6 Å². The first kappa shape index (κ1) is 10.0. The molecule has 16 heavy (non-hydrogen) atoms. The van der Waals surface area contributed by atoms with Crippen LogP contribution in [-0.4, -0.2) is 49.2 Å². The fourth-order valence-electron chi connectivity index (χ4n) is 2.94. The highest BCUT2D eigenvalue weighted by Crippen LogP contribution is 2.24. The topological polar surface area (TPSA) is 44.7 Å². The van der Waals surface area contributed by atoms with Gasteiger partial charge >= 0.3 is 0 Å². The predicted molar refractivity (Wildman–Crippen MR) is 62.5 cm³/mol. The molecule has 3 rings (SSSR count). The molecule has 3 heterocycles. The molecular formula is C12H17N3O. The summed E-state index contributed by atoms with van der Waals surface area (Å²) in [6.45, 7) is 4.58. The van der Waals surface area contributed by atoms with E-state index in [4.69, 9.17) is 0 Å². The van der Waals surface area contributed by atoms with Crippen molar-refractivity contribution in [2.75, 3.05) is 32.7 Å². The number of fused-ring (bicyclic) bond motifs is 2. The van der Waals surface area contributed by atoms with Crippen molar-refractivity contribution in [1.29, 1.82) is 0 Å². The van der Waals surface area contributed by atoms with Crippen LogP contribution in [0.15, 0.2) is 17.1 Å². The van der Waals surface area contributed by atoms with Gasteiger partial charge in [-0.2, -0.15) is 0 Å². The Morgan fingerprint density at radius 1 is 1.38 bits per heavy atom. The van der Waals surface area contributed by atoms with Crippen LogP contribution in [0.1, 0.15) is 6.42 Å². The highest BCUT2D eigenvalue weighted by atomic mass is 16.2. The first-order valence-corrected chi connectivity index (χ1v) is 6.04. The minimum absolute atomic E-state index is 0.130. The van der Waals surface area contributed by atoms with Gasteiger partial charge < -0.3 is 10.2 Å². The summed E-state index contributed by atoms with van der Waals surface area (Å²) < 4.78 is 0. The summed E-state index contributed by atoms with van der Waals surface area (Å²) >= 11 is 0. The van der Waals surface area contributed by atoms with E-state index in [0.717, 1.165) is 26.2 Å². The molecule has 0 aromatic heterocycles. The summed E-state index contributed by atoms with van der Waals surface area (Å²) in [4.78, 5) is 18.4. The fraction of sp³-hybridized carbons (Fsp3) is 0.667. The molecule has 0 aliphatic carbocycles. The normalized spacial score (nSPS) is 32.8. The van der Waals surface area contributed by atoms with E-state index in [1.54, 1.807) is 0 Å². The van der Waals surface area contributed by atoms with Gasteiger partial charge in [0.2, 0.25) is 0 Å². The maximum Gasteiger partial charge on any atom is 0.272 e. The SMILES string of the molecule is O=C(C1=NCC=C1)N1CC2CNCC(C2)C1. The summed E-state index contributed by atoms with van der Waals surface area (Å²) in [7, 11) is 0. The molecule has 1 amide bonds. The Morgan fingerprint density at radius 2 is 2.12 bits per heavy atom. The summed E-state index contributed by atoms with van der Waals surface area (Å²) in [5.74, 6) is 1.41.